The summed E-state index contributed by atoms with van der Waals surface area (Å²) in [4.78, 5) is 23.3. The fourth-order valence-corrected chi connectivity index (χ4v) is 5.51. The van der Waals surface area contributed by atoms with E-state index in [2.05, 4.69) is 25.6 Å². The number of nitrogens with zero attached hydrogens (tertiary/aromatic N) is 5. The minimum Gasteiger partial charge on any atom is -0.395 e. The summed E-state index contributed by atoms with van der Waals surface area (Å²) in [5.74, 6) is 0.0794. The molecule has 0 spiro atoms. The second-order valence-electron chi connectivity index (χ2n) is 9.35. The van der Waals surface area contributed by atoms with Crippen molar-refractivity contribution in [3.63, 3.8) is 0 Å². The van der Waals surface area contributed by atoms with Gasteiger partial charge in [0.05, 0.1) is 18.1 Å². The number of rotatable bonds is 14. The molecule has 0 bridgehead atoms. The normalized spacial score (nSPS) is 11.8. The van der Waals surface area contributed by atoms with Crippen LogP contribution >= 0.6 is 0 Å². The van der Waals surface area contributed by atoms with E-state index in [9.17, 15) is 46.3 Å². The Bertz CT molecular complexity index is 1970. The highest BCUT2D eigenvalue weighted by Gasteiger charge is 2.21. The Balaban J connectivity index is 1.73. The van der Waals surface area contributed by atoms with Crippen molar-refractivity contribution < 1.29 is 41.1 Å². The third kappa shape index (κ3) is 8.78. The molecule has 3 aromatic carbocycles. The van der Waals surface area contributed by atoms with Gasteiger partial charge in [0.1, 0.15) is 9.79 Å². The van der Waals surface area contributed by atoms with E-state index in [4.69, 9.17) is 0 Å². The third-order valence-electron chi connectivity index (χ3n) is 6.15. The molecule has 19 heteroatoms. The first-order valence-corrected chi connectivity index (χ1v) is 16.0. The first kappa shape index (κ1) is 33.8. The number of aliphatic hydroxyl groups is 2. The van der Waals surface area contributed by atoms with Gasteiger partial charge in [-0.05, 0) is 41.5 Å². The fourth-order valence-electron chi connectivity index (χ4n) is 4.10. The number of aliphatic hydroxyl groups excluding tert-OH is 2. The molecule has 4 aromatic rings. The number of para-hydroxylation sites is 1. The molecule has 0 aliphatic rings. The number of aromatic nitrogens is 3. The first-order valence-electron chi connectivity index (χ1n) is 13.2. The van der Waals surface area contributed by atoms with Gasteiger partial charge in [-0.25, -0.2) is 0 Å². The van der Waals surface area contributed by atoms with Crippen molar-refractivity contribution in [3.8, 4) is 0 Å². The predicted molar refractivity (Wildman–Crippen MR) is 167 cm³/mol. The lowest BCUT2D eigenvalue weighted by molar-refractivity contribution is -0.385. The largest absolute Gasteiger partial charge is 0.395 e. The van der Waals surface area contributed by atoms with Crippen LogP contribution in [0.25, 0.3) is 12.2 Å². The number of hydrogen-bond acceptors (Lipinski definition) is 14. The smallest absolute Gasteiger partial charge is 0.295 e. The lowest BCUT2D eigenvalue weighted by atomic mass is 10.1. The zero-order valence-electron chi connectivity index (χ0n) is 23.6. The van der Waals surface area contributed by atoms with E-state index in [0.717, 1.165) is 30.4 Å². The number of nitro groups is 1. The van der Waals surface area contributed by atoms with Crippen LogP contribution in [0, 0.1) is 10.1 Å². The van der Waals surface area contributed by atoms with E-state index in [0.29, 0.717) is 11.8 Å². The van der Waals surface area contributed by atoms with E-state index in [1.807, 2.05) is 6.07 Å². The number of benzene rings is 3. The lowest BCUT2D eigenvalue weighted by Gasteiger charge is -2.21. The van der Waals surface area contributed by atoms with Gasteiger partial charge in [0, 0.05) is 36.6 Å². The Labute approximate surface area is 262 Å². The summed E-state index contributed by atoms with van der Waals surface area (Å²) in [5.41, 5.74) is -0.164. The van der Waals surface area contributed by atoms with Crippen LogP contribution in [0.15, 0.2) is 76.5 Å². The standard InChI is InChI=1S/C27H27N7O10S2/c35-14-12-33(13-15-36)27-31-25(28-20-4-2-1-3-5-20)30-26(32-27)29-21-10-8-18(23(16-21)45(39,40)41)6-7-19-9-11-22(34(37)38)17-24(19)46(42,43)44/h1-11,16-17,35-36H,12-15H2,(H,39,40,41)(H,42,43,44)(H2,28,29,30,31,32)/b7-6+. The van der Waals surface area contributed by atoms with Gasteiger partial charge in [-0.2, -0.15) is 31.8 Å². The summed E-state index contributed by atoms with van der Waals surface area (Å²) >= 11 is 0. The van der Waals surface area contributed by atoms with Crippen LogP contribution in [0.4, 0.5) is 34.9 Å². The Hall–Kier alpha value is -5.05. The molecule has 242 valence electrons. The minimum absolute atomic E-state index is 0.0717. The van der Waals surface area contributed by atoms with Crippen LogP contribution in [0.3, 0.4) is 0 Å². The number of anilines is 5. The summed E-state index contributed by atoms with van der Waals surface area (Å²) in [7, 11) is -9.78. The van der Waals surface area contributed by atoms with E-state index in [1.165, 1.54) is 17.0 Å². The summed E-state index contributed by atoms with van der Waals surface area (Å²) in [5, 5.41) is 35.9. The number of nitro benzene ring substituents is 1. The molecule has 0 aliphatic carbocycles. The van der Waals surface area contributed by atoms with Crippen molar-refractivity contribution in [2.45, 2.75) is 9.79 Å². The predicted octanol–water partition coefficient (Wildman–Crippen LogP) is 2.72. The highest BCUT2D eigenvalue weighted by molar-refractivity contribution is 7.86. The summed E-state index contributed by atoms with van der Waals surface area (Å²) < 4.78 is 67.9. The van der Waals surface area contributed by atoms with Gasteiger partial charge in [-0.3, -0.25) is 19.2 Å². The van der Waals surface area contributed by atoms with Gasteiger partial charge in [0.2, 0.25) is 17.8 Å². The highest BCUT2D eigenvalue weighted by atomic mass is 32.2. The average molecular weight is 674 g/mol. The van der Waals surface area contributed by atoms with E-state index >= 15 is 0 Å². The first-order chi connectivity index (χ1) is 21.8. The molecule has 46 heavy (non-hydrogen) atoms. The Kier molecular flexibility index (Phi) is 10.6. The number of hydrogen-bond donors (Lipinski definition) is 6. The van der Waals surface area contributed by atoms with Crippen LogP contribution in [-0.2, 0) is 20.2 Å². The molecule has 0 atom stereocenters. The molecule has 1 heterocycles. The second kappa shape index (κ2) is 14.4. The molecule has 0 saturated heterocycles. The van der Waals surface area contributed by atoms with Crippen molar-refractivity contribution in [3.05, 3.63) is 88.0 Å². The highest BCUT2D eigenvalue weighted by Crippen LogP contribution is 2.28. The summed E-state index contributed by atoms with van der Waals surface area (Å²) in [6.45, 7) is -0.379. The molecule has 4 rings (SSSR count). The molecule has 6 N–H and O–H groups in total. The van der Waals surface area contributed by atoms with Crippen LogP contribution in [0.5, 0.6) is 0 Å². The van der Waals surface area contributed by atoms with Crippen LogP contribution < -0.4 is 15.5 Å². The molecule has 0 fully saturated rings. The van der Waals surface area contributed by atoms with E-state index in [-0.39, 0.29) is 61.0 Å². The molecule has 0 aliphatic heterocycles. The van der Waals surface area contributed by atoms with Crippen molar-refractivity contribution in [2.24, 2.45) is 0 Å². The maximum Gasteiger partial charge on any atom is 0.295 e. The summed E-state index contributed by atoms with van der Waals surface area (Å²) in [6.07, 6.45) is 2.23. The number of nitrogens with one attached hydrogen (secondary N) is 2. The Morgan fingerprint density at radius 2 is 1.26 bits per heavy atom. The number of non-ortho nitro benzene ring substituents is 1. The van der Waals surface area contributed by atoms with E-state index < -0.39 is 40.6 Å². The van der Waals surface area contributed by atoms with Crippen molar-refractivity contribution in [1.29, 1.82) is 0 Å². The van der Waals surface area contributed by atoms with Crippen molar-refractivity contribution >= 4 is 67.3 Å². The fraction of sp³-hybridized carbons (Fsp3) is 0.148. The zero-order chi connectivity index (χ0) is 33.5. The molecule has 1 aromatic heterocycles. The van der Waals surface area contributed by atoms with Gasteiger partial charge in [0.15, 0.2) is 0 Å². The van der Waals surface area contributed by atoms with Crippen LogP contribution in [-0.4, -0.2) is 82.3 Å². The molecule has 0 radical (unpaired) electrons. The Morgan fingerprint density at radius 1 is 0.739 bits per heavy atom. The van der Waals surface area contributed by atoms with Gasteiger partial charge < -0.3 is 25.7 Å². The van der Waals surface area contributed by atoms with Gasteiger partial charge in [0.25, 0.3) is 25.9 Å². The van der Waals surface area contributed by atoms with Gasteiger partial charge >= 0.3 is 0 Å². The van der Waals surface area contributed by atoms with Crippen LogP contribution in [0.1, 0.15) is 11.1 Å². The monoisotopic (exact) mass is 673 g/mol. The SMILES string of the molecule is O=[N+]([O-])c1ccc(/C=C/c2ccc(Nc3nc(Nc4ccccc4)nc(N(CCO)CCO)n3)cc2S(=O)(=O)O)c(S(=O)(=O)O)c1. The molecule has 0 amide bonds. The molecule has 17 nitrogen and oxygen atoms in total. The topological polar surface area (TPSA) is 258 Å². The van der Waals surface area contributed by atoms with E-state index in [1.54, 1.807) is 24.3 Å². The quantitative estimate of drug-likeness (QED) is 0.0486. The third-order valence-corrected chi connectivity index (χ3v) is 7.97. The van der Waals surface area contributed by atoms with Crippen LogP contribution in [0.2, 0.25) is 0 Å². The second-order valence-corrected chi connectivity index (χ2v) is 12.1. The van der Waals surface area contributed by atoms with Crippen molar-refractivity contribution in [2.75, 3.05) is 41.8 Å². The maximum atomic E-state index is 12.3. The molecule has 0 unspecified atom stereocenters. The maximum absolute atomic E-state index is 12.3. The molecule has 0 saturated carbocycles. The van der Waals surface area contributed by atoms with Gasteiger partial charge in [-0.1, -0.05) is 36.4 Å². The van der Waals surface area contributed by atoms with Crippen molar-refractivity contribution in [1.82, 2.24) is 15.0 Å². The molecular formula is C27H27N7O10S2. The Morgan fingerprint density at radius 3 is 1.78 bits per heavy atom. The zero-order valence-corrected chi connectivity index (χ0v) is 25.3. The average Bonchev–Trinajstić information content (AvgIpc) is 2.99. The minimum atomic E-state index is -4.90. The molecular weight excluding hydrogens is 646 g/mol. The lowest BCUT2D eigenvalue weighted by Crippen LogP contribution is -2.31. The summed E-state index contributed by atoms with van der Waals surface area (Å²) in [6, 6.07) is 15.3. The van der Waals surface area contributed by atoms with Gasteiger partial charge in [-0.15, -0.1) is 0 Å².